The first-order valence-electron chi connectivity index (χ1n) is 9.34. The molecule has 3 aromatic rings. The highest BCUT2D eigenvalue weighted by atomic mass is 32.1. The molecule has 0 radical (unpaired) electrons. The maximum absolute atomic E-state index is 13.2. The SMILES string of the molecule is Cc1nc(COc2ccccc2C(=O)N2C[C@@H](N)[C@H](c3ccccc3)C2)cs1. The highest BCUT2D eigenvalue weighted by molar-refractivity contribution is 7.09. The van der Waals surface area contributed by atoms with Gasteiger partial charge in [-0.3, -0.25) is 4.79 Å². The zero-order valence-corrected chi connectivity index (χ0v) is 16.6. The first-order valence-corrected chi connectivity index (χ1v) is 10.2. The van der Waals surface area contributed by atoms with E-state index in [2.05, 4.69) is 17.1 Å². The van der Waals surface area contributed by atoms with Gasteiger partial charge in [0.25, 0.3) is 5.91 Å². The molecule has 5 nitrogen and oxygen atoms in total. The van der Waals surface area contributed by atoms with E-state index in [1.54, 1.807) is 11.3 Å². The first kappa shape index (κ1) is 18.7. The van der Waals surface area contributed by atoms with Crippen LogP contribution in [0.5, 0.6) is 5.75 Å². The number of hydrogen-bond acceptors (Lipinski definition) is 5. The third kappa shape index (κ3) is 3.93. The van der Waals surface area contributed by atoms with E-state index in [1.807, 2.05) is 59.7 Å². The fourth-order valence-corrected chi connectivity index (χ4v) is 4.21. The molecule has 0 unspecified atom stereocenters. The predicted octanol–water partition coefficient (Wildman–Crippen LogP) is 3.60. The molecule has 28 heavy (non-hydrogen) atoms. The van der Waals surface area contributed by atoms with Gasteiger partial charge in [-0.15, -0.1) is 11.3 Å². The Morgan fingerprint density at radius 3 is 2.68 bits per heavy atom. The summed E-state index contributed by atoms with van der Waals surface area (Å²) in [6.45, 7) is 3.47. The van der Waals surface area contributed by atoms with Crippen LogP contribution in [-0.4, -0.2) is 34.9 Å². The van der Waals surface area contributed by atoms with E-state index in [0.717, 1.165) is 10.7 Å². The highest BCUT2D eigenvalue weighted by Crippen LogP contribution is 2.29. The molecule has 0 saturated carbocycles. The summed E-state index contributed by atoms with van der Waals surface area (Å²) >= 11 is 1.59. The Balaban J connectivity index is 1.49. The van der Waals surface area contributed by atoms with Crippen LogP contribution in [0.1, 0.15) is 32.5 Å². The van der Waals surface area contributed by atoms with Crippen molar-refractivity contribution in [1.29, 1.82) is 0 Å². The van der Waals surface area contributed by atoms with Crippen LogP contribution in [0.4, 0.5) is 0 Å². The minimum Gasteiger partial charge on any atom is -0.486 e. The monoisotopic (exact) mass is 393 g/mol. The second kappa shape index (κ2) is 8.12. The van der Waals surface area contributed by atoms with Crippen molar-refractivity contribution in [2.24, 2.45) is 5.73 Å². The number of aromatic nitrogens is 1. The van der Waals surface area contributed by atoms with Crippen molar-refractivity contribution in [3.05, 3.63) is 81.8 Å². The van der Waals surface area contributed by atoms with Crippen LogP contribution >= 0.6 is 11.3 Å². The normalized spacial score (nSPS) is 19.0. The zero-order valence-electron chi connectivity index (χ0n) is 15.7. The minimum absolute atomic E-state index is 0.0426. The van der Waals surface area contributed by atoms with Crippen LogP contribution in [0, 0.1) is 6.92 Å². The Morgan fingerprint density at radius 2 is 1.93 bits per heavy atom. The van der Waals surface area contributed by atoms with Crippen LogP contribution in [0.15, 0.2) is 60.0 Å². The summed E-state index contributed by atoms with van der Waals surface area (Å²) in [6, 6.07) is 17.5. The van der Waals surface area contributed by atoms with Gasteiger partial charge in [-0.1, -0.05) is 42.5 Å². The molecular weight excluding hydrogens is 370 g/mol. The maximum Gasteiger partial charge on any atom is 0.257 e. The number of carbonyl (C=O) groups excluding carboxylic acids is 1. The Labute approximate surface area is 168 Å². The summed E-state index contributed by atoms with van der Waals surface area (Å²) in [6.07, 6.45) is 0. The first-order chi connectivity index (χ1) is 13.6. The van der Waals surface area contributed by atoms with Crippen molar-refractivity contribution >= 4 is 17.2 Å². The number of benzene rings is 2. The molecule has 1 aliphatic rings. The molecule has 2 atom stereocenters. The molecular formula is C22H23N3O2S. The quantitative estimate of drug-likeness (QED) is 0.719. The van der Waals surface area contributed by atoms with Crippen molar-refractivity contribution in [3.8, 4) is 5.75 Å². The van der Waals surface area contributed by atoms with Gasteiger partial charge in [0, 0.05) is 30.4 Å². The van der Waals surface area contributed by atoms with Crippen LogP contribution in [0.25, 0.3) is 0 Å². The Morgan fingerprint density at radius 1 is 1.18 bits per heavy atom. The Bertz CT molecular complexity index is 957. The molecule has 2 N–H and O–H groups in total. The highest BCUT2D eigenvalue weighted by Gasteiger charge is 2.35. The minimum atomic E-state index is -0.0718. The van der Waals surface area contributed by atoms with Crippen molar-refractivity contribution in [1.82, 2.24) is 9.88 Å². The third-order valence-electron chi connectivity index (χ3n) is 5.04. The fraction of sp³-hybridized carbons (Fsp3) is 0.273. The smallest absolute Gasteiger partial charge is 0.257 e. The van der Waals surface area contributed by atoms with Gasteiger partial charge in [-0.25, -0.2) is 4.98 Å². The standard InChI is InChI=1S/C22H23N3O2S/c1-15-24-17(14-28-15)13-27-21-10-6-5-9-18(21)22(26)25-11-19(20(23)12-25)16-7-3-2-4-8-16/h2-10,14,19-20H,11-13,23H2,1H3/t19-,20+/m0/s1. The lowest BCUT2D eigenvalue weighted by Crippen LogP contribution is -2.32. The lowest BCUT2D eigenvalue weighted by Gasteiger charge is -2.18. The maximum atomic E-state index is 13.2. The van der Waals surface area contributed by atoms with Gasteiger partial charge in [0.15, 0.2) is 0 Å². The van der Waals surface area contributed by atoms with E-state index in [0.29, 0.717) is 31.0 Å². The summed E-state index contributed by atoms with van der Waals surface area (Å²) in [4.78, 5) is 19.4. The Hall–Kier alpha value is -2.70. The summed E-state index contributed by atoms with van der Waals surface area (Å²) in [5, 5.41) is 2.98. The average molecular weight is 394 g/mol. The molecule has 6 heteroatoms. The number of aryl methyl sites for hydroxylation is 1. The van der Waals surface area contributed by atoms with E-state index in [9.17, 15) is 4.79 Å². The number of thiazole rings is 1. The topological polar surface area (TPSA) is 68.5 Å². The molecule has 1 aliphatic heterocycles. The number of para-hydroxylation sites is 1. The second-order valence-corrected chi connectivity index (χ2v) is 8.10. The summed E-state index contributed by atoms with van der Waals surface area (Å²) in [7, 11) is 0. The molecule has 1 aromatic heterocycles. The molecule has 144 valence electrons. The number of carbonyl (C=O) groups is 1. The number of amides is 1. The van der Waals surface area contributed by atoms with Crippen LogP contribution < -0.4 is 10.5 Å². The van der Waals surface area contributed by atoms with Gasteiger partial charge in [0.05, 0.1) is 16.3 Å². The molecule has 0 spiro atoms. The third-order valence-corrected chi connectivity index (χ3v) is 5.86. The zero-order chi connectivity index (χ0) is 19.5. The van der Waals surface area contributed by atoms with Gasteiger partial charge >= 0.3 is 0 Å². The second-order valence-electron chi connectivity index (χ2n) is 7.03. The van der Waals surface area contributed by atoms with Gasteiger partial charge in [-0.2, -0.15) is 0 Å². The lowest BCUT2D eigenvalue weighted by molar-refractivity contribution is 0.0784. The summed E-state index contributed by atoms with van der Waals surface area (Å²) in [5.74, 6) is 0.685. The molecule has 1 fully saturated rings. The molecule has 0 bridgehead atoms. The molecule has 4 rings (SSSR count). The van der Waals surface area contributed by atoms with Gasteiger partial charge in [0.1, 0.15) is 12.4 Å². The number of nitrogens with zero attached hydrogens (tertiary/aromatic N) is 2. The fourth-order valence-electron chi connectivity index (χ4n) is 3.61. The van der Waals surface area contributed by atoms with Crippen LogP contribution in [-0.2, 0) is 6.61 Å². The van der Waals surface area contributed by atoms with E-state index in [1.165, 1.54) is 5.56 Å². The Kier molecular flexibility index (Phi) is 5.41. The van der Waals surface area contributed by atoms with Crippen molar-refractivity contribution in [2.45, 2.75) is 25.5 Å². The van der Waals surface area contributed by atoms with Crippen LogP contribution in [0.2, 0.25) is 0 Å². The van der Waals surface area contributed by atoms with Gasteiger partial charge in [0.2, 0.25) is 0 Å². The number of hydrogen-bond donors (Lipinski definition) is 1. The molecule has 2 aromatic carbocycles. The average Bonchev–Trinajstić information content (AvgIpc) is 3.32. The molecule has 1 amide bonds. The van der Waals surface area contributed by atoms with Crippen LogP contribution in [0.3, 0.4) is 0 Å². The molecule has 2 heterocycles. The van der Waals surface area contributed by atoms with Gasteiger partial charge in [-0.05, 0) is 24.6 Å². The number of rotatable bonds is 5. The number of likely N-dealkylation sites (tertiary alicyclic amines) is 1. The summed E-state index contributed by atoms with van der Waals surface area (Å²) in [5.41, 5.74) is 8.97. The van der Waals surface area contributed by atoms with E-state index >= 15 is 0 Å². The number of ether oxygens (including phenoxy) is 1. The number of nitrogens with two attached hydrogens (primary N) is 1. The predicted molar refractivity (Wildman–Crippen MR) is 111 cm³/mol. The summed E-state index contributed by atoms with van der Waals surface area (Å²) < 4.78 is 5.92. The van der Waals surface area contributed by atoms with E-state index < -0.39 is 0 Å². The van der Waals surface area contributed by atoms with Gasteiger partial charge < -0.3 is 15.4 Å². The van der Waals surface area contributed by atoms with Crippen molar-refractivity contribution in [3.63, 3.8) is 0 Å². The largest absolute Gasteiger partial charge is 0.486 e. The molecule has 1 saturated heterocycles. The van der Waals surface area contributed by atoms with E-state index in [4.69, 9.17) is 10.5 Å². The lowest BCUT2D eigenvalue weighted by atomic mass is 9.95. The van der Waals surface area contributed by atoms with Crippen molar-refractivity contribution in [2.75, 3.05) is 13.1 Å². The molecule has 0 aliphatic carbocycles. The van der Waals surface area contributed by atoms with Crippen molar-refractivity contribution < 1.29 is 9.53 Å². The van der Waals surface area contributed by atoms with E-state index in [-0.39, 0.29) is 17.9 Å².